The van der Waals surface area contributed by atoms with Crippen molar-refractivity contribution < 1.29 is 4.92 Å². The van der Waals surface area contributed by atoms with Gasteiger partial charge in [0.2, 0.25) is 5.82 Å². The van der Waals surface area contributed by atoms with Gasteiger partial charge in [0.1, 0.15) is 0 Å². The molecule has 0 radical (unpaired) electrons. The minimum atomic E-state index is -0.402. The normalized spacial score (nSPS) is 21.9. The number of rotatable bonds is 4. The van der Waals surface area contributed by atoms with Crippen LogP contribution in [0.2, 0.25) is 0 Å². The van der Waals surface area contributed by atoms with Crippen LogP contribution < -0.4 is 5.32 Å². The number of pyridine rings is 1. The van der Waals surface area contributed by atoms with Gasteiger partial charge in [-0.25, -0.2) is 4.98 Å². The molecular weight excluding hydrogens is 270 g/mol. The lowest BCUT2D eigenvalue weighted by Crippen LogP contribution is -2.35. The lowest BCUT2D eigenvalue weighted by molar-refractivity contribution is -0.384. The minimum Gasteiger partial charge on any atom is -0.359 e. The number of nitro groups is 1. The summed E-state index contributed by atoms with van der Waals surface area (Å²) in [6.45, 7) is 0. The molecule has 110 valence electrons. The first-order valence-corrected chi connectivity index (χ1v) is 7.11. The highest BCUT2D eigenvalue weighted by Gasteiger charge is 2.29. The van der Waals surface area contributed by atoms with Crippen LogP contribution in [0, 0.1) is 10.1 Å². The zero-order valence-corrected chi connectivity index (χ0v) is 11.6. The zero-order valence-electron chi connectivity index (χ0n) is 11.6. The van der Waals surface area contributed by atoms with E-state index in [2.05, 4.69) is 15.4 Å². The second kappa shape index (κ2) is 5.90. The molecule has 2 aromatic heterocycles. The van der Waals surface area contributed by atoms with Crippen molar-refractivity contribution in [1.29, 1.82) is 0 Å². The lowest BCUT2D eigenvalue weighted by Gasteiger charge is -2.32. The summed E-state index contributed by atoms with van der Waals surface area (Å²) in [6, 6.07) is 5.26. The second-order valence-corrected chi connectivity index (χ2v) is 5.22. The highest BCUT2D eigenvalue weighted by atomic mass is 16.6. The van der Waals surface area contributed by atoms with E-state index >= 15 is 0 Å². The fourth-order valence-electron chi connectivity index (χ4n) is 2.90. The Morgan fingerprint density at radius 2 is 2.14 bits per heavy atom. The van der Waals surface area contributed by atoms with E-state index in [9.17, 15) is 10.1 Å². The molecule has 1 aliphatic carbocycles. The van der Waals surface area contributed by atoms with Gasteiger partial charge in [-0.2, -0.15) is 5.10 Å². The summed E-state index contributed by atoms with van der Waals surface area (Å²) in [5, 5.41) is 18.6. The molecule has 21 heavy (non-hydrogen) atoms. The molecule has 2 heterocycles. The number of nitrogens with zero attached hydrogens (tertiary/aromatic N) is 4. The van der Waals surface area contributed by atoms with E-state index in [4.69, 9.17) is 0 Å². The predicted octanol–water partition coefficient (Wildman–Crippen LogP) is 2.78. The molecule has 1 fully saturated rings. The first kappa shape index (κ1) is 13.5. The van der Waals surface area contributed by atoms with Gasteiger partial charge in [0.15, 0.2) is 0 Å². The Kier molecular flexibility index (Phi) is 3.81. The molecule has 0 aromatic carbocycles. The van der Waals surface area contributed by atoms with Gasteiger partial charge < -0.3 is 5.32 Å². The second-order valence-electron chi connectivity index (χ2n) is 5.22. The molecule has 7 nitrogen and oxygen atoms in total. The molecule has 1 saturated carbocycles. The quantitative estimate of drug-likeness (QED) is 0.690. The average molecular weight is 287 g/mol. The molecule has 0 unspecified atom stereocenters. The Hall–Kier alpha value is -2.44. The summed E-state index contributed by atoms with van der Waals surface area (Å²) in [6.07, 6.45) is 9.49. The highest BCUT2D eigenvalue weighted by molar-refractivity contribution is 5.55. The third-order valence-corrected chi connectivity index (χ3v) is 3.90. The molecule has 1 N–H and O–H groups in total. The fraction of sp³-hybridized carbons (Fsp3) is 0.429. The van der Waals surface area contributed by atoms with Crippen molar-refractivity contribution in [1.82, 2.24) is 14.8 Å². The van der Waals surface area contributed by atoms with Gasteiger partial charge in [0.25, 0.3) is 0 Å². The number of aromatic nitrogens is 3. The Morgan fingerprint density at radius 1 is 1.29 bits per heavy atom. The minimum absolute atomic E-state index is 0.0160. The van der Waals surface area contributed by atoms with Crippen LogP contribution in [0.3, 0.4) is 0 Å². The van der Waals surface area contributed by atoms with Crippen molar-refractivity contribution in [3.05, 3.63) is 46.9 Å². The Balaban J connectivity index is 1.84. The SMILES string of the molecule is O=[N+]([O-])c1cccnc1N[C@@H]1CCCC[C@@H]1n1cccn1. The van der Waals surface area contributed by atoms with Crippen LogP contribution in [0.4, 0.5) is 11.5 Å². The largest absolute Gasteiger partial charge is 0.359 e. The van der Waals surface area contributed by atoms with Crippen LogP contribution in [0.1, 0.15) is 31.7 Å². The van der Waals surface area contributed by atoms with Gasteiger partial charge in [0.05, 0.1) is 17.0 Å². The van der Waals surface area contributed by atoms with Crippen molar-refractivity contribution in [2.75, 3.05) is 5.32 Å². The van der Waals surface area contributed by atoms with Crippen molar-refractivity contribution in [2.45, 2.75) is 37.8 Å². The van der Waals surface area contributed by atoms with Crippen LogP contribution in [-0.4, -0.2) is 25.7 Å². The highest BCUT2D eigenvalue weighted by Crippen LogP contribution is 2.32. The fourth-order valence-corrected chi connectivity index (χ4v) is 2.90. The molecule has 0 amide bonds. The lowest BCUT2D eigenvalue weighted by atomic mass is 9.90. The number of hydrogen-bond donors (Lipinski definition) is 1. The third-order valence-electron chi connectivity index (χ3n) is 3.90. The predicted molar refractivity (Wildman–Crippen MR) is 78.0 cm³/mol. The summed E-state index contributed by atoms with van der Waals surface area (Å²) < 4.78 is 1.94. The molecular formula is C14H17N5O2. The maximum atomic E-state index is 11.1. The van der Waals surface area contributed by atoms with Crippen molar-refractivity contribution in [3.8, 4) is 0 Å². The summed E-state index contributed by atoms with van der Waals surface area (Å²) in [5.74, 6) is 0.339. The average Bonchev–Trinajstić information content (AvgIpc) is 3.02. The van der Waals surface area contributed by atoms with Gasteiger partial charge >= 0.3 is 5.69 Å². The standard InChI is InChI=1S/C14H17N5O2/c20-19(21)13-7-3-8-15-14(13)17-11-5-1-2-6-12(11)18-10-4-9-16-18/h3-4,7-12H,1-2,5-6H2,(H,15,17)/t11-,12+/m1/s1. The van der Waals surface area contributed by atoms with Gasteiger partial charge in [0, 0.05) is 24.7 Å². The summed E-state index contributed by atoms with van der Waals surface area (Å²) in [4.78, 5) is 14.8. The maximum Gasteiger partial charge on any atom is 0.311 e. The Bertz CT molecular complexity index is 614. The number of nitrogens with one attached hydrogen (secondary N) is 1. The molecule has 2 atom stereocenters. The molecule has 0 bridgehead atoms. The van der Waals surface area contributed by atoms with Gasteiger partial charge in [-0.15, -0.1) is 0 Å². The van der Waals surface area contributed by atoms with E-state index in [1.165, 1.54) is 6.07 Å². The molecule has 2 aromatic rings. The van der Waals surface area contributed by atoms with Crippen LogP contribution >= 0.6 is 0 Å². The van der Waals surface area contributed by atoms with E-state index in [1.54, 1.807) is 18.5 Å². The van der Waals surface area contributed by atoms with Crippen LogP contribution in [0.5, 0.6) is 0 Å². The summed E-state index contributed by atoms with van der Waals surface area (Å²) >= 11 is 0. The van der Waals surface area contributed by atoms with E-state index in [-0.39, 0.29) is 17.8 Å². The Labute approximate surface area is 122 Å². The summed E-state index contributed by atoms with van der Waals surface area (Å²) in [5.41, 5.74) is 0.0160. The zero-order chi connectivity index (χ0) is 14.7. The molecule has 7 heteroatoms. The Morgan fingerprint density at radius 3 is 2.90 bits per heavy atom. The molecule has 0 saturated heterocycles. The smallest absolute Gasteiger partial charge is 0.311 e. The third kappa shape index (κ3) is 2.86. The molecule has 3 rings (SSSR count). The first-order valence-electron chi connectivity index (χ1n) is 7.11. The van der Waals surface area contributed by atoms with E-state index < -0.39 is 4.92 Å². The van der Waals surface area contributed by atoms with Gasteiger partial charge in [-0.3, -0.25) is 14.8 Å². The van der Waals surface area contributed by atoms with Gasteiger partial charge in [-0.1, -0.05) is 12.8 Å². The van der Waals surface area contributed by atoms with E-state index in [1.807, 2.05) is 16.9 Å². The molecule has 0 aliphatic heterocycles. The van der Waals surface area contributed by atoms with Crippen molar-refractivity contribution in [2.24, 2.45) is 0 Å². The maximum absolute atomic E-state index is 11.1. The summed E-state index contributed by atoms with van der Waals surface area (Å²) in [7, 11) is 0. The monoisotopic (exact) mass is 287 g/mol. The van der Waals surface area contributed by atoms with Crippen molar-refractivity contribution in [3.63, 3.8) is 0 Å². The van der Waals surface area contributed by atoms with E-state index in [0.717, 1.165) is 25.7 Å². The van der Waals surface area contributed by atoms with Crippen LogP contribution in [0.25, 0.3) is 0 Å². The first-order chi connectivity index (χ1) is 10.3. The molecule has 0 spiro atoms. The topological polar surface area (TPSA) is 85.9 Å². The van der Waals surface area contributed by atoms with E-state index in [0.29, 0.717) is 5.82 Å². The van der Waals surface area contributed by atoms with Crippen molar-refractivity contribution >= 4 is 11.5 Å². The number of hydrogen-bond acceptors (Lipinski definition) is 5. The molecule has 1 aliphatic rings. The van der Waals surface area contributed by atoms with Gasteiger partial charge in [-0.05, 0) is 25.0 Å². The van der Waals surface area contributed by atoms with Crippen LogP contribution in [0.15, 0.2) is 36.8 Å². The van der Waals surface area contributed by atoms with Crippen LogP contribution in [-0.2, 0) is 0 Å². The number of anilines is 1.